The molecule has 0 bridgehead atoms. The van der Waals surface area contributed by atoms with E-state index in [0.717, 1.165) is 16.8 Å². The molecule has 114 valence electrons. The van der Waals surface area contributed by atoms with Crippen LogP contribution in [0.5, 0.6) is 0 Å². The van der Waals surface area contributed by atoms with Crippen LogP contribution in [0.15, 0.2) is 18.2 Å². The van der Waals surface area contributed by atoms with Crippen molar-refractivity contribution in [1.82, 2.24) is 10.3 Å². The third-order valence-electron chi connectivity index (χ3n) is 3.31. The molecule has 0 fully saturated rings. The second-order valence-corrected chi connectivity index (χ2v) is 5.01. The maximum absolute atomic E-state index is 13.3. The van der Waals surface area contributed by atoms with Gasteiger partial charge in [-0.25, -0.2) is 4.39 Å². The molecular formula is C15H19FN2O3. The van der Waals surface area contributed by atoms with E-state index in [2.05, 4.69) is 10.3 Å². The molecule has 1 aromatic carbocycles. The van der Waals surface area contributed by atoms with Gasteiger partial charge in [0.05, 0.1) is 19.1 Å². The smallest absolute Gasteiger partial charge is 0.224 e. The molecule has 0 radical (unpaired) electrons. The third-order valence-corrected chi connectivity index (χ3v) is 3.31. The van der Waals surface area contributed by atoms with E-state index >= 15 is 0 Å². The van der Waals surface area contributed by atoms with Crippen LogP contribution in [-0.4, -0.2) is 42.4 Å². The first-order valence-electron chi connectivity index (χ1n) is 6.71. The molecule has 1 heterocycles. The van der Waals surface area contributed by atoms with Crippen LogP contribution in [-0.2, 0) is 16.0 Å². The maximum atomic E-state index is 13.3. The summed E-state index contributed by atoms with van der Waals surface area (Å²) < 4.78 is 18.1. The van der Waals surface area contributed by atoms with Crippen molar-refractivity contribution in [2.24, 2.45) is 0 Å². The molecule has 0 spiro atoms. The summed E-state index contributed by atoms with van der Waals surface area (Å²) in [6.07, 6.45) is -0.602. The van der Waals surface area contributed by atoms with E-state index in [0.29, 0.717) is 5.39 Å². The molecule has 21 heavy (non-hydrogen) atoms. The van der Waals surface area contributed by atoms with Gasteiger partial charge in [0.15, 0.2) is 0 Å². The van der Waals surface area contributed by atoms with Crippen LogP contribution >= 0.6 is 0 Å². The number of rotatable bonds is 6. The van der Waals surface area contributed by atoms with E-state index in [1.165, 1.54) is 19.2 Å². The lowest BCUT2D eigenvalue weighted by Gasteiger charge is -2.10. The number of methoxy groups -OCH3 is 1. The highest BCUT2D eigenvalue weighted by Crippen LogP contribution is 2.23. The van der Waals surface area contributed by atoms with Crippen LogP contribution in [0.4, 0.5) is 4.39 Å². The minimum Gasteiger partial charge on any atom is -0.389 e. The Morgan fingerprint density at radius 2 is 2.29 bits per heavy atom. The number of ether oxygens (including phenoxy) is 1. The van der Waals surface area contributed by atoms with Gasteiger partial charge in [-0.05, 0) is 30.7 Å². The molecule has 3 N–H and O–H groups in total. The SMILES string of the molecule is COCC(O)CNC(=O)Cc1c(C)[nH]c2ccc(F)cc12. The zero-order chi connectivity index (χ0) is 15.4. The molecule has 1 atom stereocenters. The Bertz CT molecular complexity index is 639. The Hall–Kier alpha value is -1.92. The van der Waals surface area contributed by atoms with E-state index in [1.807, 2.05) is 6.92 Å². The van der Waals surface area contributed by atoms with Crippen LogP contribution in [0.1, 0.15) is 11.3 Å². The number of benzene rings is 1. The van der Waals surface area contributed by atoms with Crippen LogP contribution < -0.4 is 5.32 Å². The number of halogens is 1. The van der Waals surface area contributed by atoms with Crippen LogP contribution in [0.2, 0.25) is 0 Å². The molecule has 6 heteroatoms. The van der Waals surface area contributed by atoms with Crippen LogP contribution in [0, 0.1) is 12.7 Å². The lowest BCUT2D eigenvalue weighted by molar-refractivity contribution is -0.121. The number of aliphatic hydroxyl groups excluding tert-OH is 1. The van der Waals surface area contributed by atoms with Crippen molar-refractivity contribution < 1.29 is 19.0 Å². The fraction of sp³-hybridized carbons (Fsp3) is 0.400. The number of aryl methyl sites for hydroxylation is 1. The monoisotopic (exact) mass is 294 g/mol. The average Bonchev–Trinajstić information content (AvgIpc) is 2.73. The number of H-pyrrole nitrogens is 1. The standard InChI is InChI=1S/C15H19FN2O3/c1-9-12(6-15(20)17-7-11(19)8-21-2)13-5-10(16)3-4-14(13)18-9/h3-5,11,18-19H,6-8H2,1-2H3,(H,17,20). The molecule has 1 amide bonds. The Balaban J connectivity index is 2.07. The fourth-order valence-electron chi connectivity index (χ4n) is 2.29. The van der Waals surface area contributed by atoms with E-state index < -0.39 is 6.10 Å². The molecule has 2 rings (SSSR count). The van der Waals surface area contributed by atoms with Crippen molar-refractivity contribution in [1.29, 1.82) is 0 Å². The number of carbonyl (C=O) groups excluding carboxylic acids is 1. The van der Waals surface area contributed by atoms with Crippen molar-refractivity contribution in [3.8, 4) is 0 Å². The Labute approximate surface area is 122 Å². The lowest BCUT2D eigenvalue weighted by atomic mass is 10.1. The third kappa shape index (κ3) is 3.80. The predicted octanol–water partition coefficient (Wildman–Crippen LogP) is 1.28. The summed E-state index contributed by atoms with van der Waals surface area (Å²) >= 11 is 0. The molecule has 0 saturated carbocycles. The first-order valence-corrected chi connectivity index (χ1v) is 6.71. The van der Waals surface area contributed by atoms with E-state index in [1.54, 1.807) is 6.07 Å². The molecule has 2 aromatic rings. The fourth-order valence-corrected chi connectivity index (χ4v) is 2.29. The molecular weight excluding hydrogens is 275 g/mol. The second kappa shape index (κ2) is 6.69. The summed E-state index contributed by atoms with van der Waals surface area (Å²) in [7, 11) is 1.48. The Kier molecular flexibility index (Phi) is 4.93. The van der Waals surface area contributed by atoms with Crippen LogP contribution in [0.3, 0.4) is 0 Å². The molecule has 0 aliphatic rings. The first kappa shape index (κ1) is 15.5. The van der Waals surface area contributed by atoms with Crippen molar-refractivity contribution in [2.75, 3.05) is 20.3 Å². The summed E-state index contributed by atoms with van der Waals surface area (Å²) in [6, 6.07) is 4.45. The minimum atomic E-state index is -0.736. The molecule has 1 aromatic heterocycles. The predicted molar refractivity (Wildman–Crippen MR) is 77.6 cm³/mol. The van der Waals surface area contributed by atoms with Crippen LogP contribution in [0.25, 0.3) is 10.9 Å². The zero-order valence-electron chi connectivity index (χ0n) is 12.1. The summed E-state index contributed by atoms with van der Waals surface area (Å²) in [4.78, 5) is 15.1. The van der Waals surface area contributed by atoms with Gasteiger partial charge < -0.3 is 20.1 Å². The van der Waals surface area contributed by atoms with Gasteiger partial charge in [-0.3, -0.25) is 4.79 Å². The quantitative estimate of drug-likeness (QED) is 0.751. The van der Waals surface area contributed by atoms with Gasteiger partial charge in [-0.1, -0.05) is 0 Å². The molecule has 1 unspecified atom stereocenters. The summed E-state index contributed by atoms with van der Waals surface area (Å²) in [5.74, 6) is -0.558. The van der Waals surface area contributed by atoms with E-state index in [-0.39, 0.29) is 31.3 Å². The highest BCUT2D eigenvalue weighted by atomic mass is 19.1. The largest absolute Gasteiger partial charge is 0.389 e. The number of nitrogens with one attached hydrogen (secondary N) is 2. The van der Waals surface area contributed by atoms with Gasteiger partial charge >= 0.3 is 0 Å². The van der Waals surface area contributed by atoms with E-state index in [4.69, 9.17) is 4.74 Å². The first-order chi connectivity index (χ1) is 10.0. The lowest BCUT2D eigenvalue weighted by Crippen LogP contribution is -2.35. The summed E-state index contributed by atoms with van der Waals surface area (Å²) in [6.45, 7) is 2.14. The summed E-state index contributed by atoms with van der Waals surface area (Å²) in [5.41, 5.74) is 2.41. The van der Waals surface area contributed by atoms with E-state index in [9.17, 15) is 14.3 Å². The van der Waals surface area contributed by atoms with Gasteiger partial charge in [0, 0.05) is 30.3 Å². The Morgan fingerprint density at radius 1 is 1.52 bits per heavy atom. The summed E-state index contributed by atoms with van der Waals surface area (Å²) in [5, 5.41) is 12.8. The Morgan fingerprint density at radius 3 is 3.00 bits per heavy atom. The normalized spacial score (nSPS) is 12.6. The molecule has 0 saturated heterocycles. The zero-order valence-corrected chi connectivity index (χ0v) is 12.1. The number of hydrogen-bond acceptors (Lipinski definition) is 3. The van der Waals surface area contributed by atoms with Gasteiger partial charge in [-0.2, -0.15) is 0 Å². The number of fused-ring (bicyclic) bond motifs is 1. The number of aromatic amines is 1. The molecule has 0 aliphatic heterocycles. The number of aromatic nitrogens is 1. The topological polar surface area (TPSA) is 74.3 Å². The number of aliphatic hydroxyl groups is 1. The maximum Gasteiger partial charge on any atom is 0.224 e. The van der Waals surface area contributed by atoms with Gasteiger partial charge in [0.25, 0.3) is 0 Å². The van der Waals surface area contributed by atoms with Crippen molar-refractivity contribution >= 4 is 16.8 Å². The van der Waals surface area contributed by atoms with Gasteiger partial charge in [-0.15, -0.1) is 0 Å². The second-order valence-electron chi connectivity index (χ2n) is 5.01. The average molecular weight is 294 g/mol. The molecule has 0 aliphatic carbocycles. The minimum absolute atomic E-state index is 0.127. The van der Waals surface area contributed by atoms with Crippen molar-refractivity contribution in [2.45, 2.75) is 19.4 Å². The number of carbonyl (C=O) groups is 1. The van der Waals surface area contributed by atoms with Crippen molar-refractivity contribution in [3.63, 3.8) is 0 Å². The highest BCUT2D eigenvalue weighted by molar-refractivity contribution is 5.90. The number of hydrogen-bond donors (Lipinski definition) is 3. The van der Waals surface area contributed by atoms with Gasteiger partial charge in [0.1, 0.15) is 5.82 Å². The van der Waals surface area contributed by atoms with Crippen molar-refractivity contribution in [3.05, 3.63) is 35.3 Å². The van der Waals surface area contributed by atoms with Gasteiger partial charge in [0.2, 0.25) is 5.91 Å². The number of amides is 1. The molecule has 5 nitrogen and oxygen atoms in total. The highest BCUT2D eigenvalue weighted by Gasteiger charge is 2.14.